The highest BCUT2D eigenvalue weighted by Gasteiger charge is 2.48. The summed E-state index contributed by atoms with van der Waals surface area (Å²) in [6.45, 7) is 3.67. The Bertz CT molecular complexity index is 518. The zero-order valence-corrected chi connectivity index (χ0v) is 13.1. The first kappa shape index (κ1) is 15.0. The number of carbonyl (C=O) groups excluding carboxylic acids is 2. The van der Waals surface area contributed by atoms with Crippen LogP contribution in [-0.2, 0) is 19.1 Å². The number of ether oxygens (including phenoxy) is 2. The molecule has 20 heavy (non-hydrogen) atoms. The lowest BCUT2D eigenvalue weighted by atomic mass is 9.88. The van der Waals surface area contributed by atoms with E-state index in [2.05, 4.69) is 28.9 Å². The summed E-state index contributed by atoms with van der Waals surface area (Å²) in [4.78, 5) is 23.5. The number of rotatable bonds is 4. The molecule has 0 aromatic heterocycles. The Balaban J connectivity index is 2.30. The molecule has 0 saturated carbocycles. The molecular weight excluding hydrogens is 324 g/mol. The van der Waals surface area contributed by atoms with Gasteiger partial charge in [-0.25, -0.2) is 4.79 Å². The Morgan fingerprint density at radius 3 is 2.85 bits per heavy atom. The molecular formula is C15H17BrO4. The summed E-state index contributed by atoms with van der Waals surface area (Å²) >= 11 is 3.25. The Morgan fingerprint density at radius 1 is 1.40 bits per heavy atom. The molecule has 4 nitrogen and oxygen atoms in total. The highest BCUT2D eigenvalue weighted by atomic mass is 79.9. The molecule has 1 fully saturated rings. The van der Waals surface area contributed by atoms with Crippen LogP contribution >= 0.6 is 15.9 Å². The fourth-order valence-electron chi connectivity index (χ4n) is 2.21. The third-order valence-electron chi connectivity index (χ3n) is 3.30. The van der Waals surface area contributed by atoms with E-state index in [4.69, 9.17) is 9.47 Å². The largest absolute Gasteiger partial charge is 0.477 e. The Hall–Kier alpha value is -1.36. The first-order valence-corrected chi connectivity index (χ1v) is 7.48. The molecule has 1 aliphatic carbocycles. The van der Waals surface area contributed by atoms with Crippen molar-refractivity contribution in [1.82, 2.24) is 0 Å². The molecule has 0 spiro atoms. The van der Waals surface area contributed by atoms with Crippen molar-refractivity contribution in [3.63, 3.8) is 0 Å². The molecule has 0 bridgehead atoms. The second-order valence-electron chi connectivity index (χ2n) is 4.83. The fraction of sp³-hybridized carbons (Fsp3) is 0.467. The Morgan fingerprint density at radius 2 is 2.15 bits per heavy atom. The third kappa shape index (κ3) is 2.73. The van der Waals surface area contributed by atoms with Gasteiger partial charge in [0.25, 0.3) is 0 Å². The van der Waals surface area contributed by atoms with E-state index in [9.17, 15) is 9.59 Å². The molecule has 5 heteroatoms. The maximum atomic E-state index is 11.8. The monoisotopic (exact) mass is 340 g/mol. The first-order chi connectivity index (χ1) is 9.50. The van der Waals surface area contributed by atoms with Crippen LogP contribution in [0.4, 0.5) is 0 Å². The number of carbonyl (C=O) groups is 2. The number of ketones is 1. The maximum Gasteiger partial charge on any atom is 0.348 e. The summed E-state index contributed by atoms with van der Waals surface area (Å²) in [7, 11) is 0. The Kier molecular flexibility index (Phi) is 4.48. The summed E-state index contributed by atoms with van der Waals surface area (Å²) < 4.78 is 11.5. The number of esters is 1. The maximum absolute atomic E-state index is 11.8. The summed E-state index contributed by atoms with van der Waals surface area (Å²) in [6.07, 6.45) is 8.69. The molecule has 2 atom stereocenters. The minimum Gasteiger partial charge on any atom is -0.477 e. The van der Waals surface area contributed by atoms with Gasteiger partial charge in [-0.3, -0.25) is 4.79 Å². The SMILES string of the molecule is CC/C=C\CC[C@@]12C=CC(=O)C(Br)=C1O[C@@H](C)C(=O)O2. The van der Waals surface area contributed by atoms with E-state index >= 15 is 0 Å². The highest BCUT2D eigenvalue weighted by Crippen LogP contribution is 2.41. The van der Waals surface area contributed by atoms with Gasteiger partial charge in [0.15, 0.2) is 23.2 Å². The quantitative estimate of drug-likeness (QED) is 0.582. The standard InChI is InChI=1S/C15H17BrO4/c1-3-4-5-6-8-15-9-7-11(17)12(16)13(15)19-10(2)14(18)20-15/h4-5,7,9-10H,3,6,8H2,1-2H3/b5-4-/t10-,15+/m0/s1. The van der Waals surface area contributed by atoms with E-state index in [1.807, 2.05) is 6.08 Å². The van der Waals surface area contributed by atoms with Gasteiger partial charge in [0, 0.05) is 6.42 Å². The van der Waals surface area contributed by atoms with Crippen LogP contribution in [0.25, 0.3) is 0 Å². The van der Waals surface area contributed by atoms with Gasteiger partial charge in [-0.15, -0.1) is 0 Å². The van der Waals surface area contributed by atoms with Crippen molar-refractivity contribution >= 4 is 27.7 Å². The van der Waals surface area contributed by atoms with Crippen LogP contribution in [0.15, 0.2) is 34.5 Å². The van der Waals surface area contributed by atoms with E-state index in [0.29, 0.717) is 16.7 Å². The van der Waals surface area contributed by atoms with Crippen molar-refractivity contribution in [2.75, 3.05) is 0 Å². The van der Waals surface area contributed by atoms with Gasteiger partial charge >= 0.3 is 5.97 Å². The summed E-state index contributed by atoms with van der Waals surface area (Å²) in [6, 6.07) is 0. The molecule has 0 amide bonds. The van der Waals surface area contributed by atoms with Crippen molar-refractivity contribution < 1.29 is 19.1 Å². The van der Waals surface area contributed by atoms with Crippen LogP contribution in [0.2, 0.25) is 0 Å². The molecule has 1 heterocycles. The predicted molar refractivity (Wildman–Crippen MR) is 78.1 cm³/mol. The van der Waals surface area contributed by atoms with E-state index in [1.165, 1.54) is 6.08 Å². The van der Waals surface area contributed by atoms with Crippen molar-refractivity contribution in [3.8, 4) is 0 Å². The van der Waals surface area contributed by atoms with Gasteiger partial charge in [0.05, 0.1) is 0 Å². The molecule has 0 aromatic carbocycles. The second-order valence-corrected chi connectivity index (χ2v) is 5.62. The number of allylic oxidation sites excluding steroid dienone is 4. The van der Waals surface area contributed by atoms with Crippen molar-refractivity contribution in [2.45, 2.75) is 44.8 Å². The predicted octanol–water partition coefficient (Wildman–Crippen LogP) is 3.18. The molecule has 2 rings (SSSR count). The lowest BCUT2D eigenvalue weighted by molar-refractivity contribution is -0.181. The van der Waals surface area contributed by atoms with Crippen LogP contribution < -0.4 is 0 Å². The average molecular weight is 341 g/mol. The first-order valence-electron chi connectivity index (χ1n) is 6.68. The van der Waals surface area contributed by atoms with E-state index in [-0.39, 0.29) is 5.78 Å². The van der Waals surface area contributed by atoms with E-state index < -0.39 is 17.7 Å². The third-order valence-corrected chi connectivity index (χ3v) is 4.05. The van der Waals surface area contributed by atoms with Gasteiger partial charge in [0.1, 0.15) is 4.48 Å². The molecule has 0 unspecified atom stereocenters. The molecule has 0 radical (unpaired) electrons. The van der Waals surface area contributed by atoms with Gasteiger partial charge < -0.3 is 9.47 Å². The molecule has 0 N–H and O–H groups in total. The number of hydrogen-bond donors (Lipinski definition) is 0. The van der Waals surface area contributed by atoms with Crippen LogP contribution in [0.1, 0.15) is 33.1 Å². The molecule has 1 saturated heterocycles. The van der Waals surface area contributed by atoms with Crippen LogP contribution in [0.3, 0.4) is 0 Å². The van der Waals surface area contributed by atoms with E-state index in [0.717, 1.165) is 12.8 Å². The highest BCUT2D eigenvalue weighted by molar-refractivity contribution is 9.12. The van der Waals surface area contributed by atoms with Gasteiger partial charge in [0.2, 0.25) is 0 Å². The molecule has 108 valence electrons. The minimum absolute atomic E-state index is 0.176. The van der Waals surface area contributed by atoms with Gasteiger partial charge in [-0.1, -0.05) is 19.1 Å². The second kappa shape index (κ2) is 5.95. The van der Waals surface area contributed by atoms with Crippen LogP contribution in [0, 0.1) is 0 Å². The number of hydrogen-bond acceptors (Lipinski definition) is 4. The molecule has 1 aliphatic heterocycles. The summed E-state index contributed by atoms with van der Waals surface area (Å²) in [5.41, 5.74) is -0.964. The molecule has 0 aromatic rings. The van der Waals surface area contributed by atoms with Crippen molar-refractivity contribution in [1.29, 1.82) is 0 Å². The normalized spacial score (nSPS) is 29.4. The number of halogens is 1. The summed E-state index contributed by atoms with van der Waals surface area (Å²) in [5.74, 6) is -0.181. The zero-order valence-electron chi connectivity index (χ0n) is 11.5. The molecule has 2 aliphatic rings. The van der Waals surface area contributed by atoms with Crippen LogP contribution in [0.5, 0.6) is 0 Å². The topological polar surface area (TPSA) is 52.6 Å². The lowest BCUT2D eigenvalue weighted by Gasteiger charge is -2.40. The van der Waals surface area contributed by atoms with Crippen molar-refractivity contribution in [2.24, 2.45) is 0 Å². The van der Waals surface area contributed by atoms with Gasteiger partial charge in [-0.2, -0.15) is 0 Å². The lowest BCUT2D eigenvalue weighted by Crippen LogP contribution is -2.48. The minimum atomic E-state index is -0.964. The fourth-order valence-corrected chi connectivity index (χ4v) is 2.77. The van der Waals surface area contributed by atoms with Gasteiger partial charge in [-0.05, 0) is 47.8 Å². The summed E-state index contributed by atoms with van der Waals surface area (Å²) in [5, 5.41) is 0. The van der Waals surface area contributed by atoms with Crippen LogP contribution in [-0.4, -0.2) is 23.5 Å². The average Bonchev–Trinajstić information content (AvgIpc) is 2.43. The number of fused-ring (bicyclic) bond motifs is 1. The smallest absolute Gasteiger partial charge is 0.348 e. The zero-order chi connectivity index (χ0) is 14.8. The van der Waals surface area contributed by atoms with Crippen molar-refractivity contribution in [3.05, 3.63) is 34.5 Å². The van der Waals surface area contributed by atoms with E-state index in [1.54, 1.807) is 13.0 Å². The Labute approximate surface area is 126 Å².